The Morgan fingerprint density at radius 3 is 2.70 bits per heavy atom. The van der Waals surface area contributed by atoms with Crippen molar-refractivity contribution in [2.45, 2.75) is 52.5 Å². The zero-order valence-electron chi connectivity index (χ0n) is 12.4. The van der Waals surface area contributed by atoms with Crippen molar-refractivity contribution in [3.63, 3.8) is 0 Å². The second-order valence-electron chi connectivity index (χ2n) is 6.70. The third-order valence-corrected chi connectivity index (χ3v) is 4.18. The molecule has 1 aromatic rings. The first-order valence-electron chi connectivity index (χ1n) is 7.30. The van der Waals surface area contributed by atoms with Gasteiger partial charge in [0.05, 0.1) is 0 Å². The summed E-state index contributed by atoms with van der Waals surface area (Å²) in [5.41, 5.74) is 0.512. The number of nitrogens with zero attached hydrogens (tertiary/aromatic N) is 1. The standard InChI is InChI=1S/C16H23FN2O/c1-16(2,3)12-6-4-5-7-13(12)19-15(20)11-8-9-18-14(17)10-11/h8-10,12-13H,4-7H2,1-3H3,(H,19,20)/t12-,13-/m0/s1. The highest BCUT2D eigenvalue weighted by Crippen LogP contribution is 2.38. The van der Waals surface area contributed by atoms with Gasteiger partial charge in [-0.25, -0.2) is 4.98 Å². The smallest absolute Gasteiger partial charge is 0.251 e. The molecule has 1 amide bonds. The minimum atomic E-state index is -0.617. The van der Waals surface area contributed by atoms with Crippen LogP contribution in [0.15, 0.2) is 18.3 Å². The Morgan fingerprint density at radius 2 is 2.05 bits per heavy atom. The first-order chi connectivity index (χ1) is 9.38. The van der Waals surface area contributed by atoms with Gasteiger partial charge in [-0.1, -0.05) is 33.6 Å². The first kappa shape index (κ1) is 14.9. The number of aromatic nitrogens is 1. The molecule has 2 rings (SSSR count). The molecule has 20 heavy (non-hydrogen) atoms. The normalized spacial score (nSPS) is 23.4. The Balaban J connectivity index is 2.09. The van der Waals surface area contributed by atoms with Crippen molar-refractivity contribution in [3.05, 3.63) is 29.8 Å². The molecule has 1 fully saturated rings. The van der Waals surface area contributed by atoms with E-state index in [4.69, 9.17) is 0 Å². The molecule has 3 nitrogen and oxygen atoms in total. The number of hydrogen-bond donors (Lipinski definition) is 1. The summed E-state index contributed by atoms with van der Waals surface area (Å²) >= 11 is 0. The van der Waals surface area contributed by atoms with E-state index >= 15 is 0 Å². The van der Waals surface area contributed by atoms with Crippen molar-refractivity contribution >= 4 is 5.91 Å². The molecule has 1 saturated carbocycles. The third kappa shape index (κ3) is 3.56. The summed E-state index contributed by atoms with van der Waals surface area (Å²) in [4.78, 5) is 15.7. The fourth-order valence-electron chi connectivity index (χ4n) is 3.14. The molecule has 2 atom stereocenters. The molecule has 1 aliphatic rings. The average molecular weight is 278 g/mol. The van der Waals surface area contributed by atoms with Crippen LogP contribution in [-0.2, 0) is 0 Å². The molecule has 110 valence electrons. The lowest BCUT2D eigenvalue weighted by Crippen LogP contribution is -2.46. The van der Waals surface area contributed by atoms with E-state index in [1.807, 2.05) is 0 Å². The van der Waals surface area contributed by atoms with Gasteiger partial charge < -0.3 is 5.32 Å². The molecular weight excluding hydrogens is 255 g/mol. The minimum absolute atomic E-state index is 0.169. The van der Waals surface area contributed by atoms with Gasteiger partial charge in [-0.3, -0.25) is 4.79 Å². The number of carbonyl (C=O) groups is 1. The molecule has 0 unspecified atom stereocenters. The number of pyridine rings is 1. The van der Waals surface area contributed by atoms with Gasteiger partial charge in [0.15, 0.2) is 0 Å². The Labute approximate surface area is 120 Å². The summed E-state index contributed by atoms with van der Waals surface area (Å²) in [7, 11) is 0. The van der Waals surface area contributed by atoms with E-state index in [2.05, 4.69) is 31.1 Å². The van der Waals surface area contributed by atoms with E-state index in [1.165, 1.54) is 18.7 Å². The molecule has 1 N–H and O–H groups in total. The van der Waals surface area contributed by atoms with Crippen LogP contribution in [0.4, 0.5) is 4.39 Å². The highest BCUT2D eigenvalue weighted by atomic mass is 19.1. The fraction of sp³-hybridized carbons (Fsp3) is 0.625. The summed E-state index contributed by atoms with van der Waals surface area (Å²) in [5.74, 6) is -0.354. The molecule has 0 aliphatic heterocycles. The maximum absolute atomic E-state index is 13.1. The molecule has 4 heteroatoms. The zero-order valence-corrected chi connectivity index (χ0v) is 12.4. The van der Waals surface area contributed by atoms with E-state index in [1.54, 1.807) is 6.07 Å². The average Bonchev–Trinajstić information content (AvgIpc) is 2.38. The van der Waals surface area contributed by atoms with Crippen molar-refractivity contribution in [1.82, 2.24) is 10.3 Å². The zero-order chi connectivity index (χ0) is 14.8. The summed E-state index contributed by atoms with van der Waals surface area (Å²) < 4.78 is 13.1. The second-order valence-corrected chi connectivity index (χ2v) is 6.70. The first-order valence-corrected chi connectivity index (χ1v) is 7.30. The van der Waals surface area contributed by atoms with E-state index < -0.39 is 5.95 Å². The van der Waals surface area contributed by atoms with Gasteiger partial charge in [0, 0.05) is 23.9 Å². The van der Waals surface area contributed by atoms with Crippen LogP contribution in [0.2, 0.25) is 0 Å². The van der Waals surface area contributed by atoms with Gasteiger partial charge in [-0.2, -0.15) is 4.39 Å². The topological polar surface area (TPSA) is 42.0 Å². The maximum Gasteiger partial charge on any atom is 0.251 e. The van der Waals surface area contributed by atoms with Crippen LogP contribution < -0.4 is 5.32 Å². The number of nitrogens with one attached hydrogen (secondary N) is 1. The molecule has 1 aliphatic carbocycles. The Morgan fingerprint density at radius 1 is 1.35 bits per heavy atom. The van der Waals surface area contributed by atoms with Crippen LogP contribution >= 0.6 is 0 Å². The van der Waals surface area contributed by atoms with Crippen LogP contribution in [-0.4, -0.2) is 16.9 Å². The van der Waals surface area contributed by atoms with Gasteiger partial charge >= 0.3 is 0 Å². The summed E-state index contributed by atoms with van der Waals surface area (Å²) in [6, 6.07) is 2.91. The highest BCUT2D eigenvalue weighted by Gasteiger charge is 2.34. The van der Waals surface area contributed by atoms with Crippen molar-refractivity contribution in [1.29, 1.82) is 0 Å². The van der Waals surface area contributed by atoms with Gasteiger partial charge in [-0.05, 0) is 30.2 Å². The quantitative estimate of drug-likeness (QED) is 0.840. The molecular formula is C16H23FN2O. The predicted molar refractivity (Wildman–Crippen MR) is 76.9 cm³/mol. The maximum atomic E-state index is 13.1. The highest BCUT2D eigenvalue weighted by molar-refractivity contribution is 5.94. The fourth-order valence-corrected chi connectivity index (χ4v) is 3.14. The molecule has 0 spiro atoms. The van der Waals surface area contributed by atoms with E-state index in [0.717, 1.165) is 19.3 Å². The lowest BCUT2D eigenvalue weighted by atomic mass is 9.69. The molecule has 0 aromatic carbocycles. The van der Waals surface area contributed by atoms with Crippen molar-refractivity contribution in [3.8, 4) is 0 Å². The second kappa shape index (κ2) is 5.90. The van der Waals surface area contributed by atoms with E-state index in [0.29, 0.717) is 11.5 Å². The van der Waals surface area contributed by atoms with Crippen LogP contribution in [0.5, 0.6) is 0 Å². The van der Waals surface area contributed by atoms with Crippen LogP contribution in [0.25, 0.3) is 0 Å². The minimum Gasteiger partial charge on any atom is -0.349 e. The number of carbonyl (C=O) groups excluding carboxylic acids is 1. The Kier molecular flexibility index (Phi) is 4.41. The number of halogens is 1. The van der Waals surface area contributed by atoms with Crippen molar-refractivity contribution in [2.75, 3.05) is 0 Å². The monoisotopic (exact) mass is 278 g/mol. The molecule has 1 heterocycles. The Hall–Kier alpha value is -1.45. The van der Waals surface area contributed by atoms with Gasteiger partial charge in [-0.15, -0.1) is 0 Å². The lowest BCUT2D eigenvalue weighted by Gasteiger charge is -2.40. The summed E-state index contributed by atoms with van der Waals surface area (Å²) in [6.07, 6.45) is 5.83. The van der Waals surface area contributed by atoms with Crippen molar-refractivity contribution in [2.24, 2.45) is 11.3 Å². The van der Waals surface area contributed by atoms with Crippen molar-refractivity contribution < 1.29 is 9.18 Å². The lowest BCUT2D eigenvalue weighted by molar-refractivity contribution is 0.0829. The van der Waals surface area contributed by atoms with E-state index in [-0.39, 0.29) is 17.4 Å². The largest absolute Gasteiger partial charge is 0.349 e. The predicted octanol–water partition coefficient (Wildman–Crippen LogP) is 3.56. The van der Waals surface area contributed by atoms with Crippen LogP contribution in [0.3, 0.4) is 0 Å². The third-order valence-electron chi connectivity index (χ3n) is 4.18. The number of amides is 1. The van der Waals surface area contributed by atoms with Crippen LogP contribution in [0, 0.1) is 17.3 Å². The SMILES string of the molecule is CC(C)(C)[C@H]1CCCC[C@@H]1NC(=O)c1ccnc(F)c1. The van der Waals surface area contributed by atoms with Gasteiger partial charge in [0.1, 0.15) is 0 Å². The molecule has 0 radical (unpaired) electrons. The summed E-state index contributed by atoms with van der Waals surface area (Å²) in [5, 5.41) is 3.09. The molecule has 1 aromatic heterocycles. The van der Waals surface area contributed by atoms with Gasteiger partial charge in [0.2, 0.25) is 5.95 Å². The number of hydrogen-bond acceptors (Lipinski definition) is 2. The molecule has 0 saturated heterocycles. The Bertz CT molecular complexity index is 482. The number of rotatable bonds is 2. The van der Waals surface area contributed by atoms with E-state index in [9.17, 15) is 9.18 Å². The van der Waals surface area contributed by atoms with Gasteiger partial charge in [0.25, 0.3) is 5.91 Å². The summed E-state index contributed by atoms with van der Waals surface area (Å²) in [6.45, 7) is 6.65. The molecule has 0 bridgehead atoms. The van der Waals surface area contributed by atoms with Crippen LogP contribution in [0.1, 0.15) is 56.8 Å².